The Kier molecular flexibility index (Phi) is 3.29. The molecule has 2 aliphatic rings. The molecule has 0 aromatic carbocycles. The Balaban J connectivity index is 1.86. The van der Waals surface area contributed by atoms with Crippen molar-refractivity contribution in [2.45, 2.75) is 39.2 Å². The van der Waals surface area contributed by atoms with E-state index < -0.39 is 0 Å². The van der Waals surface area contributed by atoms with Crippen LogP contribution in [0.4, 0.5) is 0 Å². The molecule has 1 heterocycles. The molecule has 1 aliphatic carbocycles. The van der Waals surface area contributed by atoms with Crippen molar-refractivity contribution >= 4 is 5.91 Å². The fourth-order valence-electron chi connectivity index (χ4n) is 2.83. The second-order valence-corrected chi connectivity index (χ2v) is 5.27. The van der Waals surface area contributed by atoms with Crippen molar-refractivity contribution in [1.82, 2.24) is 10.6 Å². The Hall–Kier alpha value is -0.570. The van der Waals surface area contributed by atoms with Crippen LogP contribution in [-0.4, -0.2) is 25.0 Å². The summed E-state index contributed by atoms with van der Waals surface area (Å²) in [6.45, 7) is 6.37. The SMILES string of the molecule is CC1CNCC1NC(=O)C1CCCC1C. The summed E-state index contributed by atoms with van der Waals surface area (Å²) in [5, 5.41) is 6.51. The molecule has 0 aromatic rings. The van der Waals surface area contributed by atoms with Crippen molar-refractivity contribution in [3.8, 4) is 0 Å². The molecular formula is C12H22N2O. The molecule has 3 nitrogen and oxygen atoms in total. The number of carbonyl (C=O) groups excluding carboxylic acids is 1. The molecule has 3 heteroatoms. The van der Waals surface area contributed by atoms with E-state index in [2.05, 4.69) is 24.5 Å². The molecule has 4 unspecified atom stereocenters. The molecule has 0 spiro atoms. The van der Waals surface area contributed by atoms with Crippen LogP contribution < -0.4 is 10.6 Å². The lowest BCUT2D eigenvalue weighted by Gasteiger charge is -2.21. The van der Waals surface area contributed by atoms with E-state index in [0.29, 0.717) is 23.8 Å². The molecule has 2 fully saturated rings. The van der Waals surface area contributed by atoms with Gasteiger partial charge in [-0.25, -0.2) is 0 Å². The molecule has 1 aliphatic heterocycles. The zero-order chi connectivity index (χ0) is 10.8. The van der Waals surface area contributed by atoms with Crippen LogP contribution in [0, 0.1) is 17.8 Å². The Morgan fingerprint density at radius 3 is 2.53 bits per heavy atom. The third-order valence-electron chi connectivity index (χ3n) is 4.04. The summed E-state index contributed by atoms with van der Waals surface area (Å²) in [6, 6.07) is 0.352. The van der Waals surface area contributed by atoms with Crippen molar-refractivity contribution in [3.63, 3.8) is 0 Å². The fraction of sp³-hybridized carbons (Fsp3) is 0.917. The van der Waals surface area contributed by atoms with Gasteiger partial charge in [0, 0.05) is 18.5 Å². The number of amides is 1. The van der Waals surface area contributed by atoms with Gasteiger partial charge < -0.3 is 10.6 Å². The summed E-state index contributed by atoms with van der Waals surface area (Å²) in [7, 11) is 0. The van der Waals surface area contributed by atoms with Gasteiger partial charge in [0.15, 0.2) is 0 Å². The molecule has 1 amide bonds. The Labute approximate surface area is 92.0 Å². The van der Waals surface area contributed by atoms with E-state index in [1.807, 2.05) is 0 Å². The maximum atomic E-state index is 12.0. The van der Waals surface area contributed by atoms with E-state index in [1.165, 1.54) is 12.8 Å². The van der Waals surface area contributed by atoms with Crippen LogP contribution in [0.1, 0.15) is 33.1 Å². The lowest BCUT2D eigenvalue weighted by molar-refractivity contribution is -0.126. The molecule has 2 rings (SSSR count). The van der Waals surface area contributed by atoms with Gasteiger partial charge in [0.1, 0.15) is 0 Å². The third kappa shape index (κ3) is 2.33. The normalized spacial score (nSPS) is 40.7. The second kappa shape index (κ2) is 4.52. The summed E-state index contributed by atoms with van der Waals surface area (Å²) in [5.41, 5.74) is 0. The van der Waals surface area contributed by atoms with Crippen LogP contribution in [0.5, 0.6) is 0 Å². The summed E-state index contributed by atoms with van der Waals surface area (Å²) >= 11 is 0. The number of hydrogen-bond donors (Lipinski definition) is 2. The first-order valence-electron chi connectivity index (χ1n) is 6.19. The van der Waals surface area contributed by atoms with Gasteiger partial charge >= 0.3 is 0 Å². The van der Waals surface area contributed by atoms with E-state index >= 15 is 0 Å². The van der Waals surface area contributed by atoms with E-state index in [4.69, 9.17) is 0 Å². The topological polar surface area (TPSA) is 41.1 Å². The van der Waals surface area contributed by atoms with Gasteiger partial charge in [0.2, 0.25) is 5.91 Å². The standard InChI is InChI=1S/C12H22N2O/c1-8-4-3-5-10(8)12(15)14-11-7-13-6-9(11)2/h8-11,13H,3-7H2,1-2H3,(H,14,15). The van der Waals surface area contributed by atoms with E-state index in [0.717, 1.165) is 19.5 Å². The van der Waals surface area contributed by atoms with Crippen LogP contribution in [0.15, 0.2) is 0 Å². The molecule has 1 saturated heterocycles. The van der Waals surface area contributed by atoms with Crippen molar-refractivity contribution in [1.29, 1.82) is 0 Å². The van der Waals surface area contributed by atoms with Gasteiger partial charge in [0.25, 0.3) is 0 Å². The number of carbonyl (C=O) groups is 1. The smallest absolute Gasteiger partial charge is 0.223 e. The Bertz CT molecular complexity index is 242. The highest BCUT2D eigenvalue weighted by Crippen LogP contribution is 2.31. The van der Waals surface area contributed by atoms with Crippen LogP contribution >= 0.6 is 0 Å². The van der Waals surface area contributed by atoms with E-state index in [9.17, 15) is 4.79 Å². The highest BCUT2D eigenvalue weighted by Gasteiger charge is 2.32. The maximum absolute atomic E-state index is 12.0. The molecule has 2 N–H and O–H groups in total. The van der Waals surface area contributed by atoms with Gasteiger partial charge in [0.05, 0.1) is 0 Å². The number of nitrogens with one attached hydrogen (secondary N) is 2. The summed E-state index contributed by atoms with van der Waals surface area (Å²) in [6.07, 6.45) is 3.52. The van der Waals surface area contributed by atoms with E-state index in [-0.39, 0.29) is 5.92 Å². The van der Waals surface area contributed by atoms with Gasteiger partial charge in [-0.2, -0.15) is 0 Å². The molecule has 0 radical (unpaired) electrons. The van der Waals surface area contributed by atoms with E-state index in [1.54, 1.807) is 0 Å². The fourth-order valence-corrected chi connectivity index (χ4v) is 2.83. The second-order valence-electron chi connectivity index (χ2n) is 5.27. The summed E-state index contributed by atoms with van der Waals surface area (Å²) < 4.78 is 0. The minimum absolute atomic E-state index is 0.276. The highest BCUT2D eigenvalue weighted by atomic mass is 16.2. The molecule has 15 heavy (non-hydrogen) atoms. The quantitative estimate of drug-likeness (QED) is 0.718. The predicted octanol–water partition coefficient (Wildman–Crippen LogP) is 1.15. The molecule has 0 aromatic heterocycles. The predicted molar refractivity (Wildman–Crippen MR) is 60.5 cm³/mol. The molecule has 86 valence electrons. The molecular weight excluding hydrogens is 188 g/mol. The van der Waals surface area contributed by atoms with Gasteiger partial charge in [-0.3, -0.25) is 4.79 Å². The highest BCUT2D eigenvalue weighted by molar-refractivity contribution is 5.79. The summed E-state index contributed by atoms with van der Waals surface area (Å²) in [5.74, 6) is 1.72. The average molecular weight is 210 g/mol. The number of hydrogen-bond acceptors (Lipinski definition) is 2. The molecule has 4 atom stereocenters. The van der Waals surface area contributed by atoms with Crippen LogP contribution in [-0.2, 0) is 4.79 Å². The van der Waals surface area contributed by atoms with Crippen molar-refractivity contribution in [3.05, 3.63) is 0 Å². The summed E-state index contributed by atoms with van der Waals surface area (Å²) in [4.78, 5) is 12.0. The maximum Gasteiger partial charge on any atom is 0.223 e. The number of rotatable bonds is 2. The monoisotopic (exact) mass is 210 g/mol. The van der Waals surface area contributed by atoms with Gasteiger partial charge in [-0.1, -0.05) is 20.3 Å². The van der Waals surface area contributed by atoms with Crippen molar-refractivity contribution < 1.29 is 4.79 Å². The average Bonchev–Trinajstić information content (AvgIpc) is 2.76. The third-order valence-corrected chi connectivity index (χ3v) is 4.04. The Morgan fingerprint density at radius 1 is 1.20 bits per heavy atom. The van der Waals surface area contributed by atoms with Gasteiger partial charge in [-0.15, -0.1) is 0 Å². The lowest BCUT2D eigenvalue weighted by Crippen LogP contribution is -2.43. The molecule has 1 saturated carbocycles. The van der Waals surface area contributed by atoms with Gasteiger partial charge in [-0.05, 0) is 31.2 Å². The first-order chi connectivity index (χ1) is 7.18. The first kappa shape index (κ1) is 10.9. The van der Waals surface area contributed by atoms with Crippen LogP contribution in [0.2, 0.25) is 0 Å². The Morgan fingerprint density at radius 2 is 2.00 bits per heavy atom. The van der Waals surface area contributed by atoms with Crippen molar-refractivity contribution in [2.24, 2.45) is 17.8 Å². The zero-order valence-corrected chi connectivity index (χ0v) is 9.75. The minimum atomic E-state index is 0.276. The lowest BCUT2D eigenvalue weighted by atomic mass is 9.96. The van der Waals surface area contributed by atoms with Crippen LogP contribution in [0.3, 0.4) is 0 Å². The van der Waals surface area contributed by atoms with Crippen molar-refractivity contribution in [2.75, 3.05) is 13.1 Å². The largest absolute Gasteiger partial charge is 0.352 e. The zero-order valence-electron chi connectivity index (χ0n) is 9.75. The minimum Gasteiger partial charge on any atom is -0.352 e. The van der Waals surface area contributed by atoms with Crippen LogP contribution in [0.25, 0.3) is 0 Å². The molecule has 0 bridgehead atoms. The first-order valence-corrected chi connectivity index (χ1v) is 6.19.